The molecule has 0 spiro atoms. The zero-order valence-corrected chi connectivity index (χ0v) is 21.7. The predicted octanol–water partition coefficient (Wildman–Crippen LogP) is 5.50. The van der Waals surface area contributed by atoms with Gasteiger partial charge < -0.3 is 14.1 Å². The molecule has 1 aromatic rings. The van der Waals surface area contributed by atoms with Gasteiger partial charge >= 0.3 is 6.09 Å². The highest BCUT2D eigenvalue weighted by Crippen LogP contribution is 2.37. The normalized spacial score (nSPS) is 20.6. The van der Waals surface area contributed by atoms with Gasteiger partial charge in [0.15, 0.2) is 8.32 Å². The number of hydroxylamine groups is 1. The third-order valence-electron chi connectivity index (χ3n) is 6.11. The number of nitrogens with one attached hydrogen (secondary N) is 1. The van der Waals surface area contributed by atoms with Crippen molar-refractivity contribution in [2.45, 2.75) is 96.8 Å². The van der Waals surface area contributed by atoms with E-state index in [-0.39, 0.29) is 23.2 Å². The number of ether oxygens (including phenoxy) is 1. The number of carbonyl (C=O) groups excluding carboxylic acids is 1. The third-order valence-corrected chi connectivity index (χ3v) is 10.6. The zero-order valence-electron chi connectivity index (χ0n) is 20.7. The van der Waals surface area contributed by atoms with Gasteiger partial charge in [0.25, 0.3) is 0 Å². The van der Waals surface area contributed by atoms with Gasteiger partial charge in [0.1, 0.15) is 5.60 Å². The fourth-order valence-corrected chi connectivity index (χ4v) is 4.22. The molecule has 1 heterocycles. The number of carbonyl (C=O) groups is 1. The highest BCUT2D eigenvalue weighted by Gasteiger charge is 2.40. The Morgan fingerprint density at radius 3 is 2.32 bits per heavy atom. The van der Waals surface area contributed by atoms with Crippen molar-refractivity contribution in [1.29, 1.82) is 0 Å². The van der Waals surface area contributed by atoms with E-state index in [2.05, 4.69) is 39.3 Å². The minimum atomic E-state index is -1.89. The van der Waals surface area contributed by atoms with Gasteiger partial charge in [0, 0.05) is 6.54 Å². The lowest BCUT2D eigenvalue weighted by Crippen LogP contribution is -2.56. The van der Waals surface area contributed by atoms with Crippen molar-refractivity contribution in [2.75, 3.05) is 13.2 Å². The van der Waals surface area contributed by atoms with Crippen molar-refractivity contribution in [1.82, 2.24) is 10.4 Å². The summed E-state index contributed by atoms with van der Waals surface area (Å²) in [6, 6.07) is 10.1. The van der Waals surface area contributed by atoms with Gasteiger partial charge in [-0.25, -0.2) is 4.79 Å². The zero-order chi connectivity index (χ0) is 23.3. The molecule has 31 heavy (non-hydrogen) atoms. The van der Waals surface area contributed by atoms with E-state index in [1.807, 2.05) is 56.0 Å². The largest absolute Gasteiger partial charge is 0.444 e. The van der Waals surface area contributed by atoms with Crippen LogP contribution in [0.3, 0.4) is 0 Å². The summed E-state index contributed by atoms with van der Waals surface area (Å²) in [4.78, 5) is 20.5. The summed E-state index contributed by atoms with van der Waals surface area (Å²) >= 11 is 0. The van der Waals surface area contributed by atoms with Gasteiger partial charge in [-0.05, 0) is 57.3 Å². The second kappa shape index (κ2) is 10.5. The number of nitrogens with zero attached hydrogens (tertiary/aromatic N) is 1. The van der Waals surface area contributed by atoms with E-state index in [0.29, 0.717) is 19.8 Å². The number of hydrogen-bond donors (Lipinski definition) is 1. The van der Waals surface area contributed by atoms with Crippen molar-refractivity contribution in [3.05, 3.63) is 35.9 Å². The van der Waals surface area contributed by atoms with Crippen LogP contribution in [0, 0.1) is 0 Å². The molecule has 1 aliphatic rings. The monoisotopic (exact) mass is 450 g/mol. The van der Waals surface area contributed by atoms with Gasteiger partial charge in [-0.3, -0.25) is 4.84 Å². The Hall–Kier alpha value is -1.41. The molecule has 1 aromatic carbocycles. The van der Waals surface area contributed by atoms with Crippen LogP contribution >= 0.6 is 0 Å². The van der Waals surface area contributed by atoms with E-state index in [4.69, 9.17) is 14.0 Å². The van der Waals surface area contributed by atoms with Gasteiger partial charge in [-0.2, -0.15) is 5.48 Å². The molecule has 7 heteroatoms. The fraction of sp³-hybridized carbons (Fsp3) is 0.708. The Bertz CT molecular complexity index is 698. The van der Waals surface area contributed by atoms with Crippen LogP contribution in [-0.2, 0) is 20.6 Å². The van der Waals surface area contributed by atoms with Gasteiger partial charge in [0.05, 0.1) is 25.3 Å². The standard InChI is InChI=1S/C24H42N2O4Si/c1-23(2,3)30-22(27)26-16-20(25-28-17-19-12-10-9-11-13-19)14-15-21(26)18-29-31(7,8)24(4,5)6/h9-13,20-21,25H,14-18H2,1-8H3. The predicted molar refractivity (Wildman–Crippen MR) is 127 cm³/mol. The average molecular weight is 451 g/mol. The van der Waals surface area contributed by atoms with E-state index in [1.54, 1.807) is 0 Å². The van der Waals surface area contributed by atoms with Crippen molar-refractivity contribution in [3.8, 4) is 0 Å². The quantitative estimate of drug-likeness (QED) is 0.439. The molecular weight excluding hydrogens is 408 g/mol. The molecule has 0 bridgehead atoms. The number of hydrogen-bond acceptors (Lipinski definition) is 5. The second-order valence-electron chi connectivity index (χ2n) is 11.0. The van der Waals surface area contributed by atoms with E-state index >= 15 is 0 Å². The summed E-state index contributed by atoms with van der Waals surface area (Å²) in [7, 11) is -1.89. The molecule has 2 unspecified atom stereocenters. The molecular formula is C24H42N2O4Si. The summed E-state index contributed by atoms with van der Waals surface area (Å²) in [6.45, 7) is 18.5. The Kier molecular flexibility index (Phi) is 8.73. The first-order chi connectivity index (χ1) is 14.3. The average Bonchev–Trinajstić information content (AvgIpc) is 2.65. The van der Waals surface area contributed by atoms with Crippen LogP contribution in [0.15, 0.2) is 30.3 Å². The van der Waals surface area contributed by atoms with E-state index in [0.717, 1.165) is 18.4 Å². The summed E-state index contributed by atoms with van der Waals surface area (Å²) in [5.74, 6) is 0. The fourth-order valence-electron chi connectivity index (χ4n) is 3.18. The number of benzene rings is 1. The molecule has 0 aromatic heterocycles. The maximum absolute atomic E-state index is 13.0. The van der Waals surface area contributed by atoms with Gasteiger partial charge in [-0.15, -0.1) is 0 Å². The third kappa shape index (κ3) is 8.22. The first-order valence-corrected chi connectivity index (χ1v) is 14.2. The van der Waals surface area contributed by atoms with Crippen molar-refractivity contribution < 1.29 is 18.8 Å². The van der Waals surface area contributed by atoms with Crippen molar-refractivity contribution in [2.24, 2.45) is 0 Å². The van der Waals surface area contributed by atoms with E-state index < -0.39 is 13.9 Å². The highest BCUT2D eigenvalue weighted by atomic mass is 28.4. The van der Waals surface area contributed by atoms with Crippen LogP contribution in [0.25, 0.3) is 0 Å². The van der Waals surface area contributed by atoms with Crippen LogP contribution in [0.5, 0.6) is 0 Å². The van der Waals surface area contributed by atoms with Crippen LogP contribution in [0.2, 0.25) is 18.1 Å². The molecule has 176 valence electrons. The first-order valence-electron chi connectivity index (χ1n) is 11.3. The van der Waals surface area contributed by atoms with Crippen LogP contribution < -0.4 is 5.48 Å². The molecule has 1 saturated heterocycles. The Morgan fingerprint density at radius 2 is 1.74 bits per heavy atom. The van der Waals surface area contributed by atoms with Crippen LogP contribution in [-0.4, -0.2) is 50.1 Å². The molecule has 1 N–H and O–H groups in total. The molecule has 0 radical (unpaired) electrons. The highest BCUT2D eigenvalue weighted by molar-refractivity contribution is 6.74. The molecule has 0 saturated carbocycles. The molecule has 6 nitrogen and oxygen atoms in total. The Balaban J connectivity index is 1.99. The minimum absolute atomic E-state index is 0.0103. The Labute approximate surface area is 189 Å². The summed E-state index contributed by atoms with van der Waals surface area (Å²) in [5, 5.41) is 0.133. The maximum Gasteiger partial charge on any atom is 0.410 e. The lowest BCUT2D eigenvalue weighted by Gasteiger charge is -2.43. The van der Waals surface area contributed by atoms with Gasteiger partial charge in [0.2, 0.25) is 0 Å². The Morgan fingerprint density at radius 1 is 1.10 bits per heavy atom. The number of likely N-dealkylation sites (tertiary alicyclic amines) is 1. The lowest BCUT2D eigenvalue weighted by atomic mass is 10.00. The van der Waals surface area contributed by atoms with Gasteiger partial charge in [-0.1, -0.05) is 51.1 Å². The van der Waals surface area contributed by atoms with Crippen LogP contribution in [0.4, 0.5) is 4.79 Å². The smallest absolute Gasteiger partial charge is 0.410 e. The molecule has 0 aliphatic carbocycles. The number of amides is 1. The number of piperidine rings is 1. The summed E-state index contributed by atoms with van der Waals surface area (Å²) in [5.41, 5.74) is 3.72. The molecule has 1 fully saturated rings. The second-order valence-corrected chi connectivity index (χ2v) is 15.8. The number of rotatable bonds is 7. The first kappa shape index (κ1) is 25.8. The molecule has 1 amide bonds. The van der Waals surface area contributed by atoms with Crippen molar-refractivity contribution in [3.63, 3.8) is 0 Å². The topological polar surface area (TPSA) is 60.0 Å². The van der Waals surface area contributed by atoms with E-state index in [9.17, 15) is 4.79 Å². The lowest BCUT2D eigenvalue weighted by molar-refractivity contribution is -0.0381. The minimum Gasteiger partial charge on any atom is -0.444 e. The summed E-state index contributed by atoms with van der Waals surface area (Å²) < 4.78 is 12.2. The SMILES string of the molecule is CC(C)(C)OC(=O)N1CC(NOCc2ccccc2)CCC1CO[Si](C)(C)C(C)(C)C. The van der Waals surface area contributed by atoms with Crippen LogP contribution in [0.1, 0.15) is 59.9 Å². The molecule has 2 rings (SSSR count). The maximum atomic E-state index is 13.0. The summed E-state index contributed by atoms with van der Waals surface area (Å²) in [6.07, 6.45) is 1.48. The van der Waals surface area contributed by atoms with E-state index in [1.165, 1.54) is 0 Å². The molecule has 1 aliphatic heterocycles. The molecule has 2 atom stereocenters. The van der Waals surface area contributed by atoms with Crippen molar-refractivity contribution >= 4 is 14.4 Å².